The van der Waals surface area contributed by atoms with Crippen LogP contribution in [-0.2, 0) is 0 Å². The van der Waals surface area contributed by atoms with Crippen LogP contribution in [-0.4, -0.2) is 26.9 Å². The average Bonchev–Trinajstić information content (AvgIpc) is 2.37. The highest BCUT2D eigenvalue weighted by molar-refractivity contribution is 6.15. The summed E-state index contributed by atoms with van der Waals surface area (Å²) in [5.74, 6) is -3.22. The van der Waals surface area contributed by atoms with Crippen molar-refractivity contribution < 1.29 is 30.0 Å². The fourth-order valence-corrected chi connectivity index (χ4v) is 1.86. The van der Waals surface area contributed by atoms with Crippen LogP contribution in [0.5, 0.6) is 23.0 Å². The van der Waals surface area contributed by atoms with Crippen LogP contribution in [0.25, 0.3) is 0 Å². The molecule has 21 heavy (non-hydrogen) atoms. The van der Waals surface area contributed by atoms with Gasteiger partial charge >= 0.3 is 0 Å². The van der Waals surface area contributed by atoms with Crippen LogP contribution in [0.4, 0.5) is 0 Å². The molecule has 0 saturated heterocycles. The number of hydrogen-bond donors (Lipinski definition) is 3. The van der Waals surface area contributed by atoms with E-state index in [2.05, 4.69) is 0 Å². The van der Waals surface area contributed by atoms with E-state index in [-0.39, 0.29) is 11.3 Å². The number of aromatic hydroxyl groups is 3. The van der Waals surface area contributed by atoms with Gasteiger partial charge in [-0.15, -0.1) is 5.75 Å². The van der Waals surface area contributed by atoms with Gasteiger partial charge in [0.1, 0.15) is 22.8 Å². The standard InChI is InChI=1S/C15H12O6/c16-9-3-1-8(2-4-9)11(18)7-14(21)15-12(19)5-10(17)6-13(15)20/h1-6,16-17,19-20H,7H2/p-1. The van der Waals surface area contributed by atoms with Gasteiger partial charge in [0.15, 0.2) is 11.6 Å². The topological polar surface area (TPSA) is 118 Å². The monoisotopic (exact) mass is 287 g/mol. The molecule has 2 aromatic rings. The lowest BCUT2D eigenvalue weighted by atomic mass is 10.00. The predicted molar refractivity (Wildman–Crippen MR) is 70.6 cm³/mol. The molecular formula is C15H11O6-. The molecule has 3 N–H and O–H groups in total. The number of Topliss-reactive ketones (excluding diaryl/α,β-unsaturated/α-hetero) is 2. The first-order chi connectivity index (χ1) is 9.88. The van der Waals surface area contributed by atoms with Crippen molar-refractivity contribution in [2.24, 2.45) is 0 Å². The van der Waals surface area contributed by atoms with Gasteiger partial charge in [-0.25, -0.2) is 0 Å². The molecule has 0 aliphatic heterocycles. The highest BCUT2D eigenvalue weighted by Gasteiger charge is 2.21. The van der Waals surface area contributed by atoms with Crippen LogP contribution in [0.1, 0.15) is 27.1 Å². The third kappa shape index (κ3) is 3.11. The first-order valence-electron chi connectivity index (χ1n) is 5.97. The van der Waals surface area contributed by atoms with Crippen molar-refractivity contribution in [1.29, 1.82) is 0 Å². The van der Waals surface area contributed by atoms with Gasteiger partial charge in [-0.2, -0.15) is 0 Å². The number of carbonyl (C=O) groups is 2. The van der Waals surface area contributed by atoms with Gasteiger partial charge in [-0.05, 0) is 0 Å². The number of carbonyl (C=O) groups excluding carboxylic acids is 2. The number of ketones is 2. The summed E-state index contributed by atoms with van der Waals surface area (Å²) in [6.07, 6.45) is -0.579. The van der Waals surface area contributed by atoms with E-state index >= 15 is 0 Å². The normalized spacial score (nSPS) is 10.3. The summed E-state index contributed by atoms with van der Waals surface area (Å²) in [6, 6.07) is 6.79. The molecule has 0 aliphatic rings. The second-order valence-electron chi connectivity index (χ2n) is 4.41. The Morgan fingerprint density at radius 3 is 1.95 bits per heavy atom. The molecule has 6 nitrogen and oxygen atoms in total. The minimum Gasteiger partial charge on any atom is -0.872 e. The van der Waals surface area contributed by atoms with Crippen molar-refractivity contribution in [3.63, 3.8) is 0 Å². The smallest absolute Gasteiger partial charge is 0.178 e. The summed E-state index contributed by atoms with van der Waals surface area (Å²) in [7, 11) is 0. The number of benzene rings is 2. The zero-order valence-electron chi connectivity index (χ0n) is 10.7. The minimum atomic E-state index is -0.791. The largest absolute Gasteiger partial charge is 0.872 e. The van der Waals surface area contributed by atoms with Gasteiger partial charge in [-0.3, -0.25) is 9.59 Å². The van der Waals surface area contributed by atoms with Crippen molar-refractivity contribution in [3.8, 4) is 23.0 Å². The van der Waals surface area contributed by atoms with Gasteiger partial charge in [0.05, 0.1) is 6.42 Å². The summed E-state index contributed by atoms with van der Waals surface area (Å²) in [4.78, 5) is 23.9. The molecule has 0 aromatic heterocycles. The fourth-order valence-electron chi connectivity index (χ4n) is 1.86. The van der Waals surface area contributed by atoms with Crippen LogP contribution in [0.15, 0.2) is 36.4 Å². The Labute approximate surface area is 119 Å². The van der Waals surface area contributed by atoms with E-state index in [4.69, 9.17) is 5.11 Å². The van der Waals surface area contributed by atoms with Crippen LogP contribution < -0.4 is 5.11 Å². The molecule has 0 aliphatic carbocycles. The van der Waals surface area contributed by atoms with Crippen LogP contribution >= 0.6 is 0 Å². The Hall–Kier alpha value is -3.02. The molecule has 0 spiro atoms. The van der Waals surface area contributed by atoms with Crippen LogP contribution in [0.2, 0.25) is 0 Å². The van der Waals surface area contributed by atoms with Gasteiger partial charge in [0.2, 0.25) is 0 Å². The lowest BCUT2D eigenvalue weighted by molar-refractivity contribution is -0.268. The van der Waals surface area contributed by atoms with Gasteiger partial charge < -0.3 is 20.4 Å². The quantitative estimate of drug-likeness (QED) is 0.576. The van der Waals surface area contributed by atoms with Crippen molar-refractivity contribution in [2.45, 2.75) is 6.42 Å². The fraction of sp³-hybridized carbons (Fsp3) is 0.0667. The maximum atomic E-state index is 12.0. The lowest BCUT2D eigenvalue weighted by Crippen LogP contribution is -2.09. The van der Waals surface area contributed by atoms with Crippen molar-refractivity contribution in [1.82, 2.24) is 0 Å². The number of hydrogen-bond acceptors (Lipinski definition) is 6. The molecule has 0 fully saturated rings. The van der Waals surface area contributed by atoms with E-state index in [1.54, 1.807) is 0 Å². The summed E-state index contributed by atoms with van der Waals surface area (Å²) in [5.41, 5.74) is -0.248. The molecule has 2 aromatic carbocycles. The van der Waals surface area contributed by atoms with Crippen molar-refractivity contribution >= 4 is 11.6 Å². The lowest BCUT2D eigenvalue weighted by Gasteiger charge is -2.08. The molecule has 0 heterocycles. The average molecular weight is 287 g/mol. The van der Waals surface area contributed by atoms with E-state index in [0.717, 1.165) is 12.1 Å². The minimum absolute atomic E-state index is 0.181. The summed E-state index contributed by atoms with van der Waals surface area (Å²) < 4.78 is 0. The predicted octanol–water partition coefficient (Wildman–Crippen LogP) is 1.33. The Balaban J connectivity index is 2.22. The molecule has 2 rings (SSSR count). The van der Waals surface area contributed by atoms with Crippen molar-refractivity contribution in [2.75, 3.05) is 0 Å². The number of phenols is 3. The highest BCUT2D eigenvalue weighted by Crippen LogP contribution is 2.33. The molecule has 0 amide bonds. The van der Waals surface area contributed by atoms with E-state index in [9.17, 15) is 24.9 Å². The first-order valence-corrected chi connectivity index (χ1v) is 5.97. The third-order valence-electron chi connectivity index (χ3n) is 2.86. The van der Waals surface area contributed by atoms with E-state index in [0.29, 0.717) is 0 Å². The van der Waals surface area contributed by atoms with Crippen LogP contribution in [0, 0.1) is 0 Å². The van der Waals surface area contributed by atoms with Crippen molar-refractivity contribution in [3.05, 3.63) is 47.5 Å². The molecule has 0 atom stereocenters. The molecule has 6 heteroatoms. The zero-order chi connectivity index (χ0) is 15.6. The van der Waals surface area contributed by atoms with Crippen LogP contribution in [0.3, 0.4) is 0 Å². The van der Waals surface area contributed by atoms with Gasteiger partial charge in [0.25, 0.3) is 0 Å². The van der Waals surface area contributed by atoms with E-state index in [1.165, 1.54) is 24.3 Å². The van der Waals surface area contributed by atoms with E-state index < -0.39 is 40.8 Å². The zero-order valence-corrected chi connectivity index (χ0v) is 10.7. The third-order valence-corrected chi connectivity index (χ3v) is 2.86. The Bertz CT molecular complexity index is 680. The number of rotatable bonds is 4. The summed E-state index contributed by atoms with van der Waals surface area (Å²) in [5, 5.41) is 39.2. The molecule has 0 unspecified atom stereocenters. The molecule has 108 valence electrons. The summed E-state index contributed by atoms with van der Waals surface area (Å²) >= 11 is 0. The Morgan fingerprint density at radius 1 is 0.905 bits per heavy atom. The Kier molecular flexibility index (Phi) is 3.80. The highest BCUT2D eigenvalue weighted by atomic mass is 16.3. The molecular weight excluding hydrogens is 276 g/mol. The Morgan fingerprint density at radius 2 is 1.43 bits per heavy atom. The molecule has 0 saturated carbocycles. The maximum Gasteiger partial charge on any atom is 0.178 e. The van der Waals surface area contributed by atoms with Gasteiger partial charge in [-0.1, -0.05) is 24.3 Å². The molecule has 0 bridgehead atoms. The SMILES string of the molecule is O=C(CC(=O)c1c(O)cc(O)cc1O)c1ccc([O-])cc1. The van der Waals surface area contributed by atoms with E-state index in [1.807, 2.05) is 0 Å². The second kappa shape index (κ2) is 5.54. The molecule has 0 radical (unpaired) electrons. The first kappa shape index (κ1) is 14.4. The second-order valence-corrected chi connectivity index (χ2v) is 4.41. The maximum absolute atomic E-state index is 12.0. The number of phenolic OH excluding ortho intramolecular Hbond substituents is 3. The van der Waals surface area contributed by atoms with Gasteiger partial charge in [0, 0.05) is 17.7 Å². The summed E-state index contributed by atoms with van der Waals surface area (Å²) in [6.45, 7) is 0.